The molecule has 0 radical (unpaired) electrons. The summed E-state index contributed by atoms with van der Waals surface area (Å²) >= 11 is 0.995. The number of methoxy groups -OCH3 is 3. The fraction of sp³-hybridized carbons (Fsp3) is 0.348. The first-order chi connectivity index (χ1) is 15.6. The molecule has 1 heterocycles. The van der Waals surface area contributed by atoms with Crippen LogP contribution in [0, 0.1) is 5.82 Å². The van der Waals surface area contributed by atoms with Gasteiger partial charge >= 0.3 is 5.97 Å². The summed E-state index contributed by atoms with van der Waals surface area (Å²) in [6.45, 7) is 5.28. The second-order valence-electron chi connectivity index (χ2n) is 7.93. The van der Waals surface area contributed by atoms with E-state index in [0.717, 1.165) is 11.8 Å². The fourth-order valence-electron chi connectivity index (χ4n) is 3.20. The lowest BCUT2D eigenvalue weighted by Gasteiger charge is -2.20. The molecule has 8 nitrogen and oxygen atoms in total. The molecule has 176 valence electrons. The van der Waals surface area contributed by atoms with Crippen LogP contribution < -0.4 is 19.8 Å². The first-order valence-corrected chi connectivity index (χ1v) is 10.9. The Hall–Kier alpha value is -3.27. The standard InChI is InChI=1S/C23H25FN2O6S/c1-23(2,3)32-17(27)12-33-22-25-18-15(11-16(29-4)19(30-5)20(18)31-6)21(28)26(22)14-9-7-8-13(24)10-14/h7-11H,12H2,1-6H3. The number of rotatable bonds is 7. The maximum absolute atomic E-state index is 14.0. The number of esters is 1. The third-order valence-corrected chi connectivity index (χ3v) is 5.35. The van der Waals surface area contributed by atoms with E-state index in [-0.39, 0.29) is 44.7 Å². The summed E-state index contributed by atoms with van der Waals surface area (Å²) in [6.07, 6.45) is 0. The van der Waals surface area contributed by atoms with Crippen LogP contribution in [0.4, 0.5) is 4.39 Å². The van der Waals surface area contributed by atoms with Crippen molar-refractivity contribution in [2.45, 2.75) is 31.5 Å². The second-order valence-corrected chi connectivity index (χ2v) is 8.87. The highest BCUT2D eigenvalue weighted by atomic mass is 32.2. The average molecular weight is 477 g/mol. The van der Waals surface area contributed by atoms with Crippen LogP contribution in [-0.2, 0) is 9.53 Å². The van der Waals surface area contributed by atoms with Crippen LogP contribution in [0.15, 0.2) is 40.3 Å². The quantitative estimate of drug-likeness (QED) is 0.287. The van der Waals surface area contributed by atoms with Gasteiger partial charge in [-0.1, -0.05) is 17.8 Å². The summed E-state index contributed by atoms with van der Waals surface area (Å²) in [6, 6.07) is 7.04. The van der Waals surface area contributed by atoms with E-state index in [1.807, 2.05) is 0 Å². The molecule has 0 aliphatic rings. The molecule has 10 heteroatoms. The minimum atomic E-state index is -0.663. The normalized spacial score (nSPS) is 11.4. The summed E-state index contributed by atoms with van der Waals surface area (Å²) in [7, 11) is 4.30. The van der Waals surface area contributed by atoms with Gasteiger partial charge in [0.1, 0.15) is 16.9 Å². The van der Waals surface area contributed by atoms with E-state index < -0.39 is 22.9 Å². The minimum absolute atomic E-state index is 0.111. The van der Waals surface area contributed by atoms with Crippen molar-refractivity contribution in [1.82, 2.24) is 9.55 Å². The lowest BCUT2D eigenvalue weighted by molar-refractivity contribution is -0.151. The number of hydrogen-bond donors (Lipinski definition) is 0. The Balaban J connectivity index is 2.26. The lowest BCUT2D eigenvalue weighted by Crippen LogP contribution is -2.26. The zero-order chi connectivity index (χ0) is 24.3. The summed E-state index contributed by atoms with van der Waals surface area (Å²) in [5, 5.41) is 0.338. The Morgan fingerprint density at radius 1 is 1.09 bits per heavy atom. The molecular formula is C23H25FN2O6S. The molecule has 0 unspecified atom stereocenters. The highest BCUT2D eigenvalue weighted by Crippen LogP contribution is 2.42. The van der Waals surface area contributed by atoms with Crippen molar-refractivity contribution in [3.8, 4) is 22.9 Å². The van der Waals surface area contributed by atoms with Gasteiger partial charge in [-0.25, -0.2) is 9.37 Å². The number of ether oxygens (including phenoxy) is 4. The van der Waals surface area contributed by atoms with Gasteiger partial charge in [0.25, 0.3) is 5.56 Å². The maximum Gasteiger partial charge on any atom is 0.316 e. The summed E-state index contributed by atoms with van der Waals surface area (Å²) < 4.78 is 36.8. The molecule has 0 aliphatic heterocycles. The number of hydrogen-bond acceptors (Lipinski definition) is 8. The predicted molar refractivity (Wildman–Crippen MR) is 124 cm³/mol. The van der Waals surface area contributed by atoms with E-state index >= 15 is 0 Å². The molecule has 0 saturated heterocycles. The number of thioether (sulfide) groups is 1. The molecule has 0 bridgehead atoms. The lowest BCUT2D eigenvalue weighted by atomic mass is 10.2. The van der Waals surface area contributed by atoms with Crippen LogP contribution in [-0.4, -0.2) is 48.2 Å². The molecule has 0 atom stereocenters. The smallest absolute Gasteiger partial charge is 0.316 e. The zero-order valence-corrected chi connectivity index (χ0v) is 20.0. The Kier molecular flexibility index (Phi) is 7.16. The van der Waals surface area contributed by atoms with Crippen LogP contribution in [0.1, 0.15) is 20.8 Å². The number of benzene rings is 2. The fourth-order valence-corrected chi connectivity index (χ4v) is 3.98. The Labute approximate surface area is 194 Å². The molecule has 3 aromatic rings. The van der Waals surface area contributed by atoms with Crippen LogP contribution >= 0.6 is 11.8 Å². The Morgan fingerprint density at radius 2 is 1.79 bits per heavy atom. The summed E-state index contributed by atoms with van der Waals surface area (Å²) in [5.74, 6) is -0.360. The van der Waals surface area contributed by atoms with E-state index in [0.29, 0.717) is 0 Å². The third kappa shape index (κ3) is 5.22. The molecule has 33 heavy (non-hydrogen) atoms. The predicted octanol–water partition coefficient (Wildman–Crippen LogP) is 3.98. The molecule has 2 aromatic carbocycles. The van der Waals surface area contributed by atoms with Gasteiger partial charge in [-0.3, -0.25) is 14.2 Å². The highest BCUT2D eigenvalue weighted by Gasteiger charge is 2.24. The first kappa shape index (κ1) is 24.4. The number of aromatic nitrogens is 2. The molecular weight excluding hydrogens is 451 g/mol. The first-order valence-electron chi connectivity index (χ1n) is 9.96. The van der Waals surface area contributed by atoms with Crippen molar-refractivity contribution >= 4 is 28.6 Å². The van der Waals surface area contributed by atoms with E-state index in [1.165, 1.54) is 50.2 Å². The van der Waals surface area contributed by atoms with Crippen molar-refractivity contribution < 1.29 is 28.1 Å². The van der Waals surface area contributed by atoms with Crippen LogP contribution in [0.5, 0.6) is 17.2 Å². The number of nitrogens with zero attached hydrogens (tertiary/aromatic N) is 2. The van der Waals surface area contributed by atoms with Gasteiger partial charge in [0.15, 0.2) is 16.7 Å². The molecule has 0 amide bonds. The average Bonchev–Trinajstić information content (AvgIpc) is 2.75. The monoisotopic (exact) mass is 476 g/mol. The molecule has 0 spiro atoms. The second kappa shape index (κ2) is 9.70. The minimum Gasteiger partial charge on any atom is -0.493 e. The molecule has 0 N–H and O–H groups in total. The van der Waals surface area contributed by atoms with E-state index in [2.05, 4.69) is 4.98 Å². The third-order valence-electron chi connectivity index (χ3n) is 4.44. The zero-order valence-electron chi connectivity index (χ0n) is 19.2. The van der Waals surface area contributed by atoms with Crippen LogP contribution in [0.2, 0.25) is 0 Å². The Bertz CT molecular complexity index is 1250. The number of fused-ring (bicyclic) bond motifs is 1. The summed E-state index contributed by atoms with van der Waals surface area (Å²) in [4.78, 5) is 30.5. The van der Waals surface area contributed by atoms with Crippen molar-refractivity contribution in [3.05, 3.63) is 46.5 Å². The van der Waals surface area contributed by atoms with Gasteiger partial charge in [0, 0.05) is 0 Å². The highest BCUT2D eigenvalue weighted by molar-refractivity contribution is 7.99. The molecule has 3 rings (SSSR count). The topological polar surface area (TPSA) is 88.9 Å². The summed E-state index contributed by atoms with van der Waals surface area (Å²) in [5.41, 5.74) is -0.671. The number of carbonyl (C=O) groups excluding carboxylic acids is 1. The van der Waals surface area contributed by atoms with E-state index in [4.69, 9.17) is 18.9 Å². The number of halogens is 1. The van der Waals surface area contributed by atoms with Gasteiger partial charge in [-0.2, -0.15) is 0 Å². The molecule has 1 aromatic heterocycles. The maximum atomic E-state index is 14.0. The molecule has 0 fully saturated rings. The SMILES string of the molecule is COc1cc2c(=O)n(-c3cccc(F)c3)c(SCC(=O)OC(C)(C)C)nc2c(OC)c1OC. The number of carbonyl (C=O) groups is 1. The largest absolute Gasteiger partial charge is 0.493 e. The molecule has 0 saturated carbocycles. The van der Waals surface area contributed by atoms with Crippen molar-refractivity contribution in [3.63, 3.8) is 0 Å². The van der Waals surface area contributed by atoms with Gasteiger partial charge in [0.05, 0.1) is 38.2 Å². The van der Waals surface area contributed by atoms with Gasteiger partial charge in [-0.15, -0.1) is 0 Å². The van der Waals surface area contributed by atoms with Gasteiger partial charge < -0.3 is 18.9 Å². The Morgan fingerprint density at radius 3 is 2.36 bits per heavy atom. The molecule has 0 aliphatic carbocycles. The van der Waals surface area contributed by atoms with Crippen LogP contribution in [0.3, 0.4) is 0 Å². The van der Waals surface area contributed by atoms with E-state index in [9.17, 15) is 14.0 Å². The van der Waals surface area contributed by atoms with Gasteiger partial charge in [0.2, 0.25) is 5.75 Å². The van der Waals surface area contributed by atoms with Crippen molar-refractivity contribution in [2.75, 3.05) is 27.1 Å². The van der Waals surface area contributed by atoms with Gasteiger partial charge in [-0.05, 0) is 45.0 Å². The van der Waals surface area contributed by atoms with E-state index in [1.54, 1.807) is 26.8 Å². The van der Waals surface area contributed by atoms with Crippen molar-refractivity contribution in [1.29, 1.82) is 0 Å². The van der Waals surface area contributed by atoms with Crippen LogP contribution in [0.25, 0.3) is 16.6 Å². The van der Waals surface area contributed by atoms with Crippen molar-refractivity contribution in [2.24, 2.45) is 0 Å².